The topological polar surface area (TPSA) is 77.9 Å². The maximum atomic E-state index is 11.8. The van der Waals surface area contributed by atoms with Crippen molar-refractivity contribution in [1.82, 2.24) is 4.98 Å². The zero-order valence-electron chi connectivity index (χ0n) is 13.7. The third kappa shape index (κ3) is 3.92. The molecule has 0 spiro atoms. The zero-order valence-corrected chi connectivity index (χ0v) is 14.5. The first-order chi connectivity index (χ1) is 12.1. The summed E-state index contributed by atoms with van der Waals surface area (Å²) in [6, 6.07) is 7.39. The van der Waals surface area contributed by atoms with Gasteiger partial charge in [-0.25, -0.2) is 4.79 Å². The van der Waals surface area contributed by atoms with Crippen LogP contribution in [0.25, 0.3) is 0 Å². The number of pyridine rings is 1. The van der Waals surface area contributed by atoms with Crippen LogP contribution in [-0.4, -0.2) is 29.5 Å². The second-order valence-electron chi connectivity index (χ2n) is 5.63. The maximum absolute atomic E-state index is 11.8. The number of rotatable bonds is 5. The second-order valence-corrected chi connectivity index (χ2v) is 6.06. The molecule has 0 bridgehead atoms. The van der Waals surface area contributed by atoms with Gasteiger partial charge in [0.2, 0.25) is 0 Å². The van der Waals surface area contributed by atoms with Gasteiger partial charge in [-0.1, -0.05) is 23.7 Å². The highest BCUT2D eigenvalue weighted by Gasteiger charge is 2.30. The first kappa shape index (κ1) is 17.7. The van der Waals surface area contributed by atoms with Crippen LogP contribution in [0.15, 0.2) is 30.5 Å². The number of aryl methyl sites for hydroxylation is 1. The Morgan fingerprint density at radius 1 is 1.40 bits per heavy atom. The molecule has 7 heteroatoms. The molecule has 0 radical (unpaired) electrons. The first-order valence-electron chi connectivity index (χ1n) is 7.91. The van der Waals surface area contributed by atoms with Gasteiger partial charge in [0.15, 0.2) is 5.75 Å². The minimum absolute atomic E-state index is 0.0504. The van der Waals surface area contributed by atoms with Gasteiger partial charge in [-0.3, -0.25) is 4.98 Å². The molecule has 132 valence electrons. The molecule has 1 aliphatic rings. The van der Waals surface area contributed by atoms with Crippen molar-refractivity contribution in [2.75, 3.05) is 13.2 Å². The minimum atomic E-state index is -0.818. The van der Waals surface area contributed by atoms with E-state index in [-0.39, 0.29) is 19.3 Å². The molecule has 1 N–H and O–H groups in total. The van der Waals surface area contributed by atoms with Gasteiger partial charge in [0.25, 0.3) is 0 Å². The van der Waals surface area contributed by atoms with E-state index in [0.29, 0.717) is 29.5 Å². The van der Waals surface area contributed by atoms with Crippen LogP contribution >= 0.6 is 11.6 Å². The Balaban J connectivity index is 1.83. The molecule has 6 nitrogen and oxygen atoms in total. The molecule has 25 heavy (non-hydrogen) atoms. The fourth-order valence-electron chi connectivity index (χ4n) is 2.67. The summed E-state index contributed by atoms with van der Waals surface area (Å²) >= 11 is 5.93. The number of ether oxygens (including phenoxy) is 3. The van der Waals surface area contributed by atoms with Crippen LogP contribution in [0.4, 0.5) is 4.79 Å². The van der Waals surface area contributed by atoms with Gasteiger partial charge in [-0.15, -0.1) is 0 Å². The van der Waals surface area contributed by atoms with Gasteiger partial charge >= 0.3 is 6.16 Å². The quantitative estimate of drug-likeness (QED) is 0.646. The monoisotopic (exact) mass is 363 g/mol. The molecular weight excluding hydrogens is 346 g/mol. The number of aliphatic hydroxyl groups excluding tert-OH is 1. The highest BCUT2D eigenvalue weighted by Crippen LogP contribution is 2.41. The number of aliphatic hydroxyl groups is 1. The predicted octanol–water partition coefficient (Wildman–Crippen LogP) is 3.56. The van der Waals surface area contributed by atoms with Gasteiger partial charge in [0.1, 0.15) is 6.10 Å². The molecule has 0 saturated carbocycles. The standard InChI is InChI=1S/C18H18ClNO5/c1-11-16(25-18(22)23-8-2-7-21)15-10-24-17(14(15)9-20-11)12-3-5-13(19)6-4-12/h3-6,9,17,21H,2,7-8,10H2,1H3. The van der Waals surface area contributed by atoms with Crippen molar-refractivity contribution in [3.05, 3.63) is 57.9 Å². The Labute approximate surface area is 150 Å². The number of hydrogen-bond acceptors (Lipinski definition) is 6. The molecule has 1 unspecified atom stereocenters. The first-order valence-corrected chi connectivity index (χ1v) is 8.29. The molecule has 0 saturated heterocycles. The molecule has 0 fully saturated rings. The number of carbonyl (C=O) groups is 1. The molecular formula is C18H18ClNO5. The molecule has 2 heterocycles. The molecule has 1 aromatic carbocycles. The van der Waals surface area contributed by atoms with Crippen molar-refractivity contribution < 1.29 is 24.1 Å². The Hall–Kier alpha value is -2.15. The molecule has 2 aromatic rings. The Bertz CT molecular complexity index is 763. The Morgan fingerprint density at radius 2 is 2.16 bits per heavy atom. The normalized spacial score (nSPS) is 15.7. The smallest absolute Gasteiger partial charge is 0.434 e. The van der Waals surface area contributed by atoms with Crippen LogP contribution in [0.3, 0.4) is 0 Å². The Morgan fingerprint density at radius 3 is 2.88 bits per heavy atom. The highest BCUT2D eigenvalue weighted by atomic mass is 35.5. The number of carbonyl (C=O) groups excluding carboxylic acids is 1. The van der Waals surface area contributed by atoms with Gasteiger partial charge < -0.3 is 19.3 Å². The maximum Gasteiger partial charge on any atom is 0.513 e. The molecule has 1 atom stereocenters. The van der Waals surface area contributed by atoms with E-state index in [1.165, 1.54) is 0 Å². The van der Waals surface area contributed by atoms with Gasteiger partial charge in [-0.2, -0.15) is 0 Å². The van der Waals surface area contributed by atoms with Gasteiger partial charge in [0, 0.05) is 35.4 Å². The van der Waals surface area contributed by atoms with E-state index < -0.39 is 6.16 Å². The van der Waals surface area contributed by atoms with E-state index in [9.17, 15) is 4.79 Å². The second kappa shape index (κ2) is 7.82. The SMILES string of the molecule is Cc1ncc2c(c1OC(=O)OCCCO)COC2c1ccc(Cl)cc1. The number of aromatic nitrogens is 1. The third-order valence-corrected chi connectivity index (χ3v) is 4.16. The van der Waals surface area contributed by atoms with E-state index in [4.69, 9.17) is 30.9 Å². The van der Waals surface area contributed by atoms with Crippen molar-refractivity contribution in [2.45, 2.75) is 26.1 Å². The predicted molar refractivity (Wildman–Crippen MR) is 90.7 cm³/mol. The van der Waals surface area contributed by atoms with Crippen LogP contribution in [0.1, 0.15) is 34.9 Å². The molecule has 1 aliphatic heterocycles. The van der Waals surface area contributed by atoms with Crippen molar-refractivity contribution in [3.63, 3.8) is 0 Å². The van der Waals surface area contributed by atoms with Crippen molar-refractivity contribution in [3.8, 4) is 5.75 Å². The summed E-state index contributed by atoms with van der Waals surface area (Å²) < 4.78 is 16.1. The molecule has 3 rings (SSSR count). The lowest BCUT2D eigenvalue weighted by Crippen LogP contribution is -2.14. The van der Waals surface area contributed by atoms with Crippen LogP contribution in [0.5, 0.6) is 5.75 Å². The summed E-state index contributed by atoms with van der Waals surface area (Å²) in [5.41, 5.74) is 3.17. The van der Waals surface area contributed by atoms with Crippen LogP contribution in [0.2, 0.25) is 5.02 Å². The third-order valence-electron chi connectivity index (χ3n) is 3.91. The fourth-order valence-corrected chi connectivity index (χ4v) is 2.79. The van der Waals surface area contributed by atoms with Gasteiger partial charge in [0.05, 0.1) is 18.9 Å². The van der Waals surface area contributed by atoms with E-state index in [0.717, 1.165) is 16.7 Å². The lowest BCUT2D eigenvalue weighted by Gasteiger charge is -2.13. The lowest BCUT2D eigenvalue weighted by molar-refractivity contribution is 0.0864. The highest BCUT2D eigenvalue weighted by molar-refractivity contribution is 6.30. The number of hydrogen-bond donors (Lipinski definition) is 1. The van der Waals surface area contributed by atoms with Crippen LogP contribution < -0.4 is 4.74 Å². The summed E-state index contributed by atoms with van der Waals surface area (Å²) in [6.07, 6.45) is 0.997. The summed E-state index contributed by atoms with van der Waals surface area (Å²) in [7, 11) is 0. The van der Waals surface area contributed by atoms with Crippen molar-refractivity contribution >= 4 is 17.8 Å². The number of halogens is 1. The molecule has 1 aromatic heterocycles. The van der Waals surface area contributed by atoms with Gasteiger partial charge in [-0.05, 0) is 24.6 Å². The largest absolute Gasteiger partial charge is 0.513 e. The lowest BCUT2D eigenvalue weighted by atomic mass is 10.0. The van der Waals surface area contributed by atoms with Crippen molar-refractivity contribution in [1.29, 1.82) is 0 Å². The van der Waals surface area contributed by atoms with Crippen LogP contribution in [0, 0.1) is 6.92 Å². The fraction of sp³-hybridized carbons (Fsp3) is 0.333. The number of benzene rings is 1. The molecule has 0 amide bonds. The molecule has 0 aliphatic carbocycles. The summed E-state index contributed by atoms with van der Waals surface area (Å²) in [6.45, 7) is 2.11. The average molecular weight is 364 g/mol. The Kier molecular flexibility index (Phi) is 5.53. The van der Waals surface area contributed by atoms with Crippen LogP contribution in [-0.2, 0) is 16.1 Å². The van der Waals surface area contributed by atoms with E-state index in [2.05, 4.69) is 4.98 Å². The summed E-state index contributed by atoms with van der Waals surface area (Å²) in [5, 5.41) is 9.38. The summed E-state index contributed by atoms with van der Waals surface area (Å²) in [4.78, 5) is 16.1. The average Bonchev–Trinajstić information content (AvgIpc) is 3.02. The van der Waals surface area contributed by atoms with E-state index in [1.54, 1.807) is 25.3 Å². The van der Waals surface area contributed by atoms with E-state index >= 15 is 0 Å². The zero-order chi connectivity index (χ0) is 17.8. The minimum Gasteiger partial charge on any atom is -0.434 e. The number of nitrogens with zero attached hydrogens (tertiary/aromatic N) is 1. The van der Waals surface area contributed by atoms with Crippen molar-refractivity contribution in [2.24, 2.45) is 0 Å². The summed E-state index contributed by atoms with van der Waals surface area (Å²) in [5.74, 6) is 0.364. The number of fused-ring (bicyclic) bond motifs is 1. The van der Waals surface area contributed by atoms with E-state index in [1.807, 2.05) is 12.1 Å².